The second-order valence-electron chi connectivity index (χ2n) is 1.59. The van der Waals surface area contributed by atoms with Crippen molar-refractivity contribution < 1.29 is 14.7 Å². The lowest BCUT2D eigenvalue weighted by Crippen LogP contribution is -2.38. The van der Waals surface area contributed by atoms with E-state index in [-0.39, 0.29) is 6.54 Å². The van der Waals surface area contributed by atoms with Crippen LogP contribution in [0.15, 0.2) is 0 Å². The average Bonchev–Trinajstić information content (AvgIpc) is 1.97. The van der Waals surface area contributed by atoms with E-state index in [2.05, 4.69) is 5.32 Å². The predicted octanol–water partition coefficient (Wildman–Crippen LogP) is -1.11. The number of carboxylic acids is 1. The molecule has 0 atom stereocenters. The van der Waals surface area contributed by atoms with Gasteiger partial charge < -0.3 is 15.7 Å². The van der Waals surface area contributed by atoms with Gasteiger partial charge in [-0.25, -0.2) is 4.79 Å². The second-order valence-corrected chi connectivity index (χ2v) is 1.59. The Morgan fingerprint density at radius 2 is 2.09 bits per heavy atom. The normalized spacial score (nSPS) is 7.91. The Balaban J connectivity index is 3.39. The number of nitrogens with zero attached hydrogens (tertiary/aromatic N) is 1. The molecule has 0 spiro atoms. The number of hydrogen-bond donors (Lipinski definition) is 3. The summed E-state index contributed by atoms with van der Waals surface area (Å²) in [4.78, 5) is 20.3. The van der Waals surface area contributed by atoms with Crippen molar-refractivity contribution in [3.8, 4) is 6.07 Å². The number of nitrogens with one attached hydrogen (secondary N) is 2. The molecule has 0 aromatic carbocycles. The molecule has 0 saturated heterocycles. The van der Waals surface area contributed by atoms with Gasteiger partial charge in [0.05, 0.1) is 6.07 Å². The number of carboxylic acid groups (broad SMARTS) is 1. The summed E-state index contributed by atoms with van der Waals surface area (Å²) in [7, 11) is 0. The maximum absolute atomic E-state index is 10.5. The Labute approximate surface area is 62.8 Å². The van der Waals surface area contributed by atoms with E-state index in [0.717, 1.165) is 0 Å². The van der Waals surface area contributed by atoms with Crippen molar-refractivity contribution in [3.63, 3.8) is 0 Å². The van der Waals surface area contributed by atoms with E-state index in [9.17, 15) is 9.59 Å². The van der Waals surface area contributed by atoms with Crippen LogP contribution in [0.4, 0.5) is 4.79 Å². The minimum absolute atomic E-state index is 0.133. The summed E-state index contributed by atoms with van der Waals surface area (Å²) in [6, 6.07) is 1.01. The molecule has 0 rings (SSSR count). The largest absolute Gasteiger partial charge is 0.480 e. The van der Waals surface area contributed by atoms with Crippen molar-refractivity contribution in [3.05, 3.63) is 0 Å². The van der Waals surface area contributed by atoms with Gasteiger partial charge in [0, 0.05) is 0 Å². The van der Waals surface area contributed by atoms with Crippen LogP contribution < -0.4 is 10.6 Å². The monoisotopic (exact) mass is 157 g/mol. The third-order valence-electron chi connectivity index (χ3n) is 0.728. The molecule has 0 aliphatic carbocycles. The van der Waals surface area contributed by atoms with E-state index in [1.807, 2.05) is 5.32 Å². The number of amides is 2. The van der Waals surface area contributed by atoms with Crippen LogP contribution in [0.1, 0.15) is 0 Å². The first-order valence-electron chi connectivity index (χ1n) is 2.77. The molecule has 2 amide bonds. The van der Waals surface area contributed by atoms with Crippen LogP contribution in [0.2, 0.25) is 0 Å². The Hall–Kier alpha value is -1.77. The third kappa shape index (κ3) is 6.11. The van der Waals surface area contributed by atoms with Crippen LogP contribution in [0.5, 0.6) is 0 Å². The molecule has 11 heavy (non-hydrogen) atoms. The van der Waals surface area contributed by atoms with Crippen molar-refractivity contribution in [2.75, 3.05) is 13.1 Å². The number of aliphatic carboxylic acids is 1. The fourth-order valence-electron chi connectivity index (χ4n) is 0.338. The Bertz CT molecular complexity index is 196. The van der Waals surface area contributed by atoms with Gasteiger partial charge in [-0.2, -0.15) is 5.26 Å². The maximum atomic E-state index is 10.5. The molecule has 6 nitrogen and oxygen atoms in total. The van der Waals surface area contributed by atoms with Gasteiger partial charge in [-0.15, -0.1) is 0 Å². The fourth-order valence-corrected chi connectivity index (χ4v) is 0.338. The first-order chi connectivity index (χ1) is 5.16. The number of carbonyl (C=O) groups excluding carboxylic acids is 1. The fraction of sp³-hybridized carbons (Fsp3) is 0.400. The third-order valence-corrected chi connectivity index (χ3v) is 0.728. The average molecular weight is 157 g/mol. The van der Waals surface area contributed by atoms with E-state index in [1.165, 1.54) is 0 Å². The number of urea groups is 1. The zero-order valence-corrected chi connectivity index (χ0v) is 5.63. The van der Waals surface area contributed by atoms with Crippen LogP contribution in [-0.4, -0.2) is 30.2 Å². The van der Waals surface area contributed by atoms with E-state index in [4.69, 9.17) is 10.4 Å². The molecule has 0 aromatic rings. The highest BCUT2D eigenvalue weighted by Crippen LogP contribution is 1.64. The minimum atomic E-state index is -1.13. The lowest BCUT2D eigenvalue weighted by molar-refractivity contribution is -0.135. The second kappa shape index (κ2) is 5.05. The molecular formula is C5H7N3O3. The van der Waals surface area contributed by atoms with E-state index >= 15 is 0 Å². The molecule has 0 saturated carbocycles. The number of nitriles is 1. The maximum Gasteiger partial charge on any atom is 0.323 e. The molecule has 0 radical (unpaired) electrons. The Kier molecular flexibility index (Phi) is 4.24. The van der Waals surface area contributed by atoms with Crippen LogP contribution in [0.3, 0.4) is 0 Å². The molecule has 60 valence electrons. The number of carbonyl (C=O) groups is 2. The van der Waals surface area contributed by atoms with Gasteiger partial charge in [0.25, 0.3) is 0 Å². The smallest absolute Gasteiger partial charge is 0.323 e. The van der Waals surface area contributed by atoms with Crippen LogP contribution in [0, 0.1) is 11.3 Å². The Morgan fingerprint density at radius 1 is 1.45 bits per heavy atom. The van der Waals surface area contributed by atoms with Crippen molar-refractivity contribution in [2.45, 2.75) is 0 Å². The molecule has 0 bridgehead atoms. The van der Waals surface area contributed by atoms with Gasteiger partial charge >= 0.3 is 12.0 Å². The molecule has 0 unspecified atom stereocenters. The van der Waals surface area contributed by atoms with Gasteiger partial charge in [-0.05, 0) is 0 Å². The summed E-state index contributed by atoms with van der Waals surface area (Å²) in [5.41, 5.74) is 0. The molecule has 0 heterocycles. The van der Waals surface area contributed by atoms with Crippen LogP contribution in [-0.2, 0) is 4.79 Å². The molecule has 0 fully saturated rings. The molecule has 6 heteroatoms. The first-order valence-corrected chi connectivity index (χ1v) is 2.77. The summed E-state index contributed by atoms with van der Waals surface area (Å²) in [5, 5.41) is 20.2. The number of hydrogen-bond acceptors (Lipinski definition) is 3. The Morgan fingerprint density at radius 3 is 2.55 bits per heavy atom. The highest BCUT2D eigenvalue weighted by Gasteiger charge is 2.00. The molecular weight excluding hydrogens is 150 g/mol. The van der Waals surface area contributed by atoms with Gasteiger partial charge in [0.2, 0.25) is 0 Å². The SMILES string of the molecule is N#CCNC(=O)NCC(=O)O. The topological polar surface area (TPSA) is 102 Å². The zero-order valence-electron chi connectivity index (χ0n) is 5.63. The summed E-state index contributed by atoms with van der Waals surface area (Å²) in [6.45, 7) is -0.581. The van der Waals surface area contributed by atoms with Crippen molar-refractivity contribution in [1.29, 1.82) is 5.26 Å². The molecule has 3 N–H and O–H groups in total. The van der Waals surface area contributed by atoms with Gasteiger partial charge in [-0.1, -0.05) is 0 Å². The quantitative estimate of drug-likeness (QED) is 0.452. The summed E-state index contributed by atoms with van der Waals surface area (Å²) in [6.07, 6.45) is 0. The predicted molar refractivity (Wildman–Crippen MR) is 34.7 cm³/mol. The van der Waals surface area contributed by atoms with Crippen LogP contribution in [0.25, 0.3) is 0 Å². The van der Waals surface area contributed by atoms with E-state index < -0.39 is 18.5 Å². The van der Waals surface area contributed by atoms with E-state index in [1.54, 1.807) is 6.07 Å². The molecule has 0 aromatic heterocycles. The lowest BCUT2D eigenvalue weighted by Gasteiger charge is -1.99. The minimum Gasteiger partial charge on any atom is -0.480 e. The highest BCUT2D eigenvalue weighted by molar-refractivity contribution is 5.79. The summed E-state index contributed by atoms with van der Waals surface area (Å²) >= 11 is 0. The molecule has 0 aliphatic heterocycles. The standard InChI is InChI=1S/C5H7N3O3/c6-1-2-7-5(11)8-3-4(9)10/h2-3H2,(H,9,10)(H2,7,8,11). The van der Waals surface area contributed by atoms with Gasteiger partial charge in [0.1, 0.15) is 13.1 Å². The van der Waals surface area contributed by atoms with E-state index in [0.29, 0.717) is 0 Å². The lowest BCUT2D eigenvalue weighted by atomic mass is 10.6. The summed E-state index contributed by atoms with van der Waals surface area (Å²) in [5.74, 6) is -1.13. The molecule has 0 aliphatic rings. The highest BCUT2D eigenvalue weighted by atomic mass is 16.4. The van der Waals surface area contributed by atoms with Gasteiger partial charge in [-0.3, -0.25) is 4.79 Å². The zero-order chi connectivity index (χ0) is 8.69. The van der Waals surface area contributed by atoms with Crippen molar-refractivity contribution in [2.24, 2.45) is 0 Å². The summed E-state index contributed by atoms with van der Waals surface area (Å²) < 4.78 is 0. The first kappa shape index (κ1) is 9.23. The van der Waals surface area contributed by atoms with Crippen molar-refractivity contribution in [1.82, 2.24) is 10.6 Å². The van der Waals surface area contributed by atoms with Crippen molar-refractivity contribution >= 4 is 12.0 Å². The van der Waals surface area contributed by atoms with Gasteiger partial charge in [0.15, 0.2) is 0 Å². The number of rotatable bonds is 3. The van der Waals surface area contributed by atoms with Crippen LogP contribution >= 0.6 is 0 Å².